The topological polar surface area (TPSA) is 28.6 Å². The van der Waals surface area contributed by atoms with Crippen LogP contribution < -0.4 is 0 Å². The lowest BCUT2D eigenvalue weighted by atomic mass is 9.95. The third kappa shape index (κ3) is 4.99. The first kappa shape index (κ1) is 19.6. The van der Waals surface area contributed by atoms with E-state index in [2.05, 4.69) is 45.1 Å². The Hall–Kier alpha value is -1.75. The number of ether oxygens (including phenoxy) is 1. The van der Waals surface area contributed by atoms with Gasteiger partial charge in [-0.15, -0.1) is 0 Å². The zero-order valence-electron chi connectivity index (χ0n) is 17.1. The summed E-state index contributed by atoms with van der Waals surface area (Å²) in [5, 5.41) is 0. The minimum atomic E-state index is 0.700. The second-order valence-electron chi connectivity index (χ2n) is 8.42. The van der Waals surface area contributed by atoms with E-state index in [4.69, 9.17) is 4.74 Å². The molecule has 4 heteroatoms. The summed E-state index contributed by atoms with van der Waals surface area (Å²) < 4.78 is 5.37. The van der Waals surface area contributed by atoms with E-state index in [-0.39, 0.29) is 0 Å². The highest BCUT2D eigenvalue weighted by Crippen LogP contribution is 2.29. The molecule has 0 amide bonds. The first-order valence-electron chi connectivity index (χ1n) is 10.7. The van der Waals surface area contributed by atoms with E-state index in [9.17, 15) is 0 Å². The van der Waals surface area contributed by atoms with E-state index in [1.807, 2.05) is 18.5 Å². The normalized spacial score (nSPS) is 20.6. The molecule has 0 unspecified atom stereocenters. The lowest BCUT2D eigenvalue weighted by molar-refractivity contribution is 0.0843. The van der Waals surface area contributed by atoms with Crippen LogP contribution in [0.25, 0.3) is 0 Å². The number of hydrogen-bond acceptors (Lipinski definition) is 4. The molecular formula is C24H33N3O. The van der Waals surface area contributed by atoms with Crippen molar-refractivity contribution in [2.24, 2.45) is 5.92 Å². The standard InChI is InChI=1S/C24H33N3O/c1-28-13-12-26(17-20-6-4-10-25-16-20)18-21-7-5-11-27(19-21)24-14-22-8-2-3-9-23(22)15-24/h2-4,6,8-10,16,21,24H,5,7,11-15,17-19H2,1H3/t21-/m0/s1. The summed E-state index contributed by atoms with van der Waals surface area (Å²) in [6.45, 7) is 6.37. The number of pyridine rings is 1. The molecule has 1 aromatic heterocycles. The van der Waals surface area contributed by atoms with Gasteiger partial charge >= 0.3 is 0 Å². The second kappa shape index (κ2) is 9.64. The van der Waals surface area contributed by atoms with Crippen molar-refractivity contribution in [2.45, 2.75) is 38.3 Å². The number of piperidine rings is 1. The molecule has 2 heterocycles. The maximum absolute atomic E-state index is 5.37. The Morgan fingerprint density at radius 3 is 2.68 bits per heavy atom. The van der Waals surface area contributed by atoms with Crippen LogP contribution in [0.15, 0.2) is 48.8 Å². The third-order valence-electron chi connectivity index (χ3n) is 6.35. The monoisotopic (exact) mass is 379 g/mol. The van der Waals surface area contributed by atoms with E-state index in [0.29, 0.717) is 6.04 Å². The molecule has 0 saturated carbocycles. The van der Waals surface area contributed by atoms with Crippen LogP contribution in [0, 0.1) is 5.92 Å². The van der Waals surface area contributed by atoms with Crippen LogP contribution in [0.3, 0.4) is 0 Å². The van der Waals surface area contributed by atoms with Crippen LogP contribution in [0.5, 0.6) is 0 Å². The molecule has 0 radical (unpaired) electrons. The molecular weight excluding hydrogens is 346 g/mol. The van der Waals surface area contributed by atoms with E-state index >= 15 is 0 Å². The molecule has 1 aliphatic heterocycles. The van der Waals surface area contributed by atoms with Gasteiger partial charge < -0.3 is 4.74 Å². The van der Waals surface area contributed by atoms with Crippen LogP contribution in [-0.2, 0) is 24.1 Å². The van der Waals surface area contributed by atoms with Crippen LogP contribution in [0.1, 0.15) is 29.5 Å². The van der Waals surface area contributed by atoms with Gasteiger partial charge in [0.1, 0.15) is 0 Å². The number of fused-ring (bicyclic) bond motifs is 1. The molecule has 1 aliphatic carbocycles. The predicted octanol–water partition coefficient (Wildman–Crippen LogP) is 3.41. The highest BCUT2D eigenvalue weighted by Gasteiger charge is 2.30. The molecule has 28 heavy (non-hydrogen) atoms. The van der Waals surface area contributed by atoms with E-state index < -0.39 is 0 Å². The largest absolute Gasteiger partial charge is 0.383 e. The van der Waals surface area contributed by atoms with Crippen molar-refractivity contribution in [2.75, 3.05) is 39.9 Å². The Morgan fingerprint density at radius 2 is 1.96 bits per heavy atom. The summed E-state index contributed by atoms with van der Waals surface area (Å²) >= 11 is 0. The summed E-state index contributed by atoms with van der Waals surface area (Å²) in [7, 11) is 1.79. The van der Waals surface area contributed by atoms with Gasteiger partial charge in [-0.3, -0.25) is 14.8 Å². The molecule has 4 rings (SSSR count). The quantitative estimate of drug-likeness (QED) is 0.703. The average Bonchev–Trinajstić information content (AvgIpc) is 3.17. The number of likely N-dealkylation sites (tertiary alicyclic amines) is 1. The molecule has 150 valence electrons. The number of methoxy groups -OCH3 is 1. The van der Waals surface area contributed by atoms with Crippen LogP contribution in [0.2, 0.25) is 0 Å². The van der Waals surface area contributed by atoms with Gasteiger partial charge in [-0.1, -0.05) is 30.3 Å². The molecule has 0 bridgehead atoms. The molecule has 1 atom stereocenters. The Labute approximate surface area is 169 Å². The predicted molar refractivity (Wildman–Crippen MR) is 113 cm³/mol. The van der Waals surface area contributed by atoms with Gasteiger partial charge in [0.05, 0.1) is 6.61 Å². The van der Waals surface area contributed by atoms with Crippen LogP contribution in [-0.4, -0.2) is 60.7 Å². The third-order valence-corrected chi connectivity index (χ3v) is 6.35. The first-order valence-corrected chi connectivity index (χ1v) is 10.7. The highest BCUT2D eigenvalue weighted by atomic mass is 16.5. The van der Waals surface area contributed by atoms with Crippen LogP contribution in [0.4, 0.5) is 0 Å². The lowest BCUT2D eigenvalue weighted by Crippen LogP contribution is -2.46. The van der Waals surface area contributed by atoms with Gasteiger partial charge in [-0.25, -0.2) is 0 Å². The summed E-state index contributed by atoms with van der Waals surface area (Å²) in [6, 6.07) is 13.9. The average molecular weight is 380 g/mol. The Bertz CT molecular complexity index is 711. The molecule has 2 aromatic rings. The SMILES string of the molecule is COCCN(Cc1cccnc1)C[C@@H]1CCCN(C2Cc3ccccc3C2)C1. The van der Waals surface area contributed by atoms with Gasteiger partial charge in [-0.05, 0) is 60.9 Å². The second-order valence-corrected chi connectivity index (χ2v) is 8.42. The molecule has 1 fully saturated rings. The summed E-state index contributed by atoms with van der Waals surface area (Å²) in [6.07, 6.45) is 8.96. The van der Waals surface area contributed by atoms with Crippen molar-refractivity contribution in [1.82, 2.24) is 14.8 Å². The van der Waals surface area contributed by atoms with Crippen molar-refractivity contribution < 1.29 is 4.74 Å². The lowest BCUT2D eigenvalue weighted by Gasteiger charge is -2.38. The molecule has 0 N–H and O–H groups in total. The van der Waals surface area contributed by atoms with E-state index in [1.165, 1.54) is 44.3 Å². The van der Waals surface area contributed by atoms with Crippen LogP contribution >= 0.6 is 0 Å². The van der Waals surface area contributed by atoms with Gasteiger partial charge in [-0.2, -0.15) is 0 Å². The highest BCUT2D eigenvalue weighted by molar-refractivity contribution is 5.33. The first-order chi connectivity index (χ1) is 13.8. The summed E-state index contributed by atoms with van der Waals surface area (Å²) in [5.74, 6) is 0.742. The Balaban J connectivity index is 1.35. The zero-order chi connectivity index (χ0) is 19.2. The fourth-order valence-corrected chi connectivity index (χ4v) is 4.94. The molecule has 1 aromatic carbocycles. The maximum Gasteiger partial charge on any atom is 0.0589 e. The summed E-state index contributed by atoms with van der Waals surface area (Å²) in [5.41, 5.74) is 4.42. The number of nitrogens with zero attached hydrogens (tertiary/aromatic N) is 3. The Morgan fingerprint density at radius 1 is 1.14 bits per heavy atom. The van der Waals surface area contributed by atoms with Crippen molar-refractivity contribution in [3.8, 4) is 0 Å². The smallest absolute Gasteiger partial charge is 0.0589 e. The van der Waals surface area contributed by atoms with E-state index in [0.717, 1.165) is 32.2 Å². The van der Waals surface area contributed by atoms with E-state index in [1.54, 1.807) is 18.2 Å². The van der Waals surface area contributed by atoms with Crippen molar-refractivity contribution in [1.29, 1.82) is 0 Å². The number of aromatic nitrogens is 1. The number of benzene rings is 1. The minimum absolute atomic E-state index is 0.700. The van der Waals surface area contributed by atoms with Gasteiger partial charge in [0, 0.05) is 51.7 Å². The number of hydrogen-bond donors (Lipinski definition) is 0. The van der Waals surface area contributed by atoms with Crippen molar-refractivity contribution in [3.05, 3.63) is 65.5 Å². The molecule has 4 nitrogen and oxygen atoms in total. The van der Waals surface area contributed by atoms with Crippen molar-refractivity contribution >= 4 is 0 Å². The Kier molecular flexibility index (Phi) is 6.73. The summed E-state index contributed by atoms with van der Waals surface area (Å²) in [4.78, 5) is 9.61. The van der Waals surface area contributed by atoms with Gasteiger partial charge in [0.2, 0.25) is 0 Å². The molecule has 0 spiro atoms. The minimum Gasteiger partial charge on any atom is -0.383 e. The van der Waals surface area contributed by atoms with Crippen molar-refractivity contribution in [3.63, 3.8) is 0 Å². The fourth-order valence-electron chi connectivity index (χ4n) is 4.94. The molecule has 1 saturated heterocycles. The van der Waals surface area contributed by atoms with Gasteiger partial charge in [0.25, 0.3) is 0 Å². The van der Waals surface area contributed by atoms with Gasteiger partial charge in [0.15, 0.2) is 0 Å². The fraction of sp³-hybridized carbons (Fsp3) is 0.542. The molecule has 2 aliphatic rings. The zero-order valence-corrected chi connectivity index (χ0v) is 17.1. The maximum atomic E-state index is 5.37. The number of rotatable bonds is 8.